The predicted octanol–water partition coefficient (Wildman–Crippen LogP) is 2.33. The lowest BCUT2D eigenvalue weighted by molar-refractivity contribution is -0.116. The number of carbonyl (C=O) groups excluding carboxylic acids is 2. The van der Waals surface area contributed by atoms with E-state index in [1.807, 2.05) is 36.4 Å². The highest BCUT2D eigenvalue weighted by Gasteiger charge is 2.07. The van der Waals surface area contributed by atoms with Crippen molar-refractivity contribution >= 4 is 23.0 Å². The van der Waals surface area contributed by atoms with Gasteiger partial charge in [-0.2, -0.15) is 0 Å². The second kappa shape index (κ2) is 7.79. The van der Waals surface area contributed by atoms with Gasteiger partial charge < -0.3 is 15.7 Å². The molecule has 1 amide bonds. The number of carbonyl (C=O) groups is 2. The molecule has 0 aliphatic heterocycles. The van der Waals surface area contributed by atoms with Crippen molar-refractivity contribution in [1.82, 2.24) is 10.6 Å². The molecule has 0 saturated carbocycles. The van der Waals surface area contributed by atoms with Crippen molar-refractivity contribution in [3.8, 4) is 0 Å². The Bertz CT molecular complexity index is 766. The van der Waals surface area contributed by atoms with Gasteiger partial charge in [-0.1, -0.05) is 43.0 Å². The van der Waals surface area contributed by atoms with Crippen molar-refractivity contribution in [2.75, 3.05) is 0 Å². The third-order valence-corrected chi connectivity index (χ3v) is 3.43. The van der Waals surface area contributed by atoms with Gasteiger partial charge in [0.2, 0.25) is 5.91 Å². The molecule has 0 saturated heterocycles. The summed E-state index contributed by atoms with van der Waals surface area (Å²) in [7, 11) is 0. The number of aliphatic hydroxyl groups is 1. The zero-order valence-corrected chi connectivity index (χ0v) is 12.6. The van der Waals surface area contributed by atoms with Gasteiger partial charge in [-0.25, -0.2) is 0 Å². The van der Waals surface area contributed by atoms with Gasteiger partial charge in [0.25, 0.3) is 0 Å². The van der Waals surface area contributed by atoms with Crippen LogP contribution in [0.3, 0.4) is 0 Å². The second-order valence-corrected chi connectivity index (χ2v) is 4.89. The van der Waals surface area contributed by atoms with E-state index in [-0.39, 0.29) is 11.8 Å². The Hall–Kier alpha value is -3.08. The third kappa shape index (κ3) is 4.20. The summed E-state index contributed by atoms with van der Waals surface area (Å²) < 4.78 is 0. The Morgan fingerprint density at radius 1 is 1.04 bits per heavy atom. The SMILES string of the molecule is C=CC(=O)NCc1ccc(CNC(O)=CC=O)c2ccccc12. The molecule has 0 aliphatic carbocycles. The molecule has 0 fully saturated rings. The third-order valence-electron chi connectivity index (χ3n) is 3.43. The summed E-state index contributed by atoms with van der Waals surface area (Å²) in [5.74, 6) is -0.393. The zero-order chi connectivity index (χ0) is 16.7. The first kappa shape index (κ1) is 16.3. The largest absolute Gasteiger partial charge is 0.495 e. The number of rotatable bonds is 7. The molecule has 0 unspecified atom stereocenters. The second-order valence-electron chi connectivity index (χ2n) is 4.89. The molecule has 0 aromatic heterocycles. The zero-order valence-electron chi connectivity index (χ0n) is 12.6. The maximum absolute atomic E-state index is 11.3. The number of aldehydes is 1. The lowest BCUT2D eigenvalue weighted by atomic mass is 9.99. The summed E-state index contributed by atoms with van der Waals surface area (Å²) in [6.07, 6.45) is 2.82. The van der Waals surface area contributed by atoms with Crippen LogP contribution in [0.25, 0.3) is 10.8 Å². The molecule has 0 heterocycles. The minimum Gasteiger partial charge on any atom is -0.495 e. The molecule has 2 rings (SSSR count). The van der Waals surface area contributed by atoms with Crippen LogP contribution in [0.5, 0.6) is 0 Å². The molecule has 0 spiro atoms. The predicted molar refractivity (Wildman–Crippen MR) is 89.6 cm³/mol. The van der Waals surface area contributed by atoms with Crippen LogP contribution < -0.4 is 10.6 Å². The van der Waals surface area contributed by atoms with Crippen LogP contribution in [-0.2, 0) is 22.7 Å². The van der Waals surface area contributed by atoms with E-state index in [4.69, 9.17) is 0 Å². The van der Waals surface area contributed by atoms with Crippen molar-refractivity contribution in [3.63, 3.8) is 0 Å². The fraction of sp³-hybridized carbons (Fsp3) is 0.111. The van der Waals surface area contributed by atoms with Crippen LogP contribution in [0.2, 0.25) is 0 Å². The van der Waals surface area contributed by atoms with Gasteiger partial charge in [0.15, 0.2) is 5.88 Å². The molecule has 2 aromatic carbocycles. The van der Waals surface area contributed by atoms with Gasteiger partial charge in [0.1, 0.15) is 6.29 Å². The first-order valence-corrected chi connectivity index (χ1v) is 7.13. The van der Waals surface area contributed by atoms with Gasteiger partial charge in [-0.05, 0) is 28.0 Å². The molecule has 5 nitrogen and oxygen atoms in total. The highest BCUT2D eigenvalue weighted by atomic mass is 16.3. The highest BCUT2D eigenvalue weighted by molar-refractivity contribution is 5.90. The average molecular weight is 310 g/mol. The number of fused-ring (bicyclic) bond motifs is 1. The smallest absolute Gasteiger partial charge is 0.243 e. The summed E-state index contributed by atoms with van der Waals surface area (Å²) in [5.41, 5.74) is 1.97. The van der Waals surface area contributed by atoms with Gasteiger partial charge in [0, 0.05) is 19.2 Å². The van der Waals surface area contributed by atoms with Crippen molar-refractivity contribution in [2.45, 2.75) is 13.1 Å². The average Bonchev–Trinajstić information content (AvgIpc) is 2.58. The Morgan fingerprint density at radius 3 is 2.13 bits per heavy atom. The van der Waals surface area contributed by atoms with E-state index in [9.17, 15) is 14.7 Å². The Kier molecular flexibility index (Phi) is 5.52. The first-order chi connectivity index (χ1) is 11.2. The Balaban J connectivity index is 2.27. The van der Waals surface area contributed by atoms with Crippen LogP contribution in [0.15, 0.2) is 61.0 Å². The molecule has 118 valence electrons. The van der Waals surface area contributed by atoms with E-state index >= 15 is 0 Å². The number of hydrogen-bond donors (Lipinski definition) is 3. The Labute approximate surface area is 134 Å². The van der Waals surface area contributed by atoms with E-state index in [0.717, 1.165) is 28.0 Å². The number of benzene rings is 2. The normalized spacial score (nSPS) is 11.0. The van der Waals surface area contributed by atoms with Crippen LogP contribution in [-0.4, -0.2) is 17.3 Å². The van der Waals surface area contributed by atoms with Crippen LogP contribution >= 0.6 is 0 Å². The summed E-state index contributed by atoms with van der Waals surface area (Å²) >= 11 is 0. The molecule has 0 aliphatic rings. The van der Waals surface area contributed by atoms with Crippen molar-refractivity contribution in [1.29, 1.82) is 0 Å². The fourth-order valence-electron chi connectivity index (χ4n) is 2.30. The van der Waals surface area contributed by atoms with Gasteiger partial charge >= 0.3 is 0 Å². The van der Waals surface area contributed by atoms with E-state index in [0.29, 0.717) is 19.4 Å². The molecule has 0 atom stereocenters. The minimum atomic E-state index is -0.219. The number of aliphatic hydroxyl groups excluding tert-OH is 1. The van der Waals surface area contributed by atoms with Crippen LogP contribution in [0, 0.1) is 0 Å². The summed E-state index contributed by atoms with van der Waals surface area (Å²) in [5, 5.41) is 17.1. The van der Waals surface area contributed by atoms with E-state index in [1.54, 1.807) is 0 Å². The standard InChI is InChI=1S/C18H18N2O3/c1-2-17(22)19-11-13-7-8-14(12-20-18(23)9-10-21)16-6-4-3-5-15(13)16/h2-10,20,23H,1,11-12H2,(H,19,22). The maximum atomic E-state index is 11.3. The summed E-state index contributed by atoms with van der Waals surface area (Å²) in [6, 6.07) is 11.7. The number of hydrogen-bond acceptors (Lipinski definition) is 4. The molecule has 3 N–H and O–H groups in total. The topological polar surface area (TPSA) is 78.4 Å². The summed E-state index contributed by atoms with van der Waals surface area (Å²) in [6.45, 7) is 4.23. The Morgan fingerprint density at radius 2 is 1.61 bits per heavy atom. The lowest BCUT2D eigenvalue weighted by Crippen LogP contribution is -2.20. The highest BCUT2D eigenvalue weighted by Crippen LogP contribution is 2.23. The van der Waals surface area contributed by atoms with Gasteiger partial charge in [-0.15, -0.1) is 0 Å². The van der Waals surface area contributed by atoms with Crippen molar-refractivity contribution < 1.29 is 14.7 Å². The van der Waals surface area contributed by atoms with Gasteiger partial charge in [0.05, 0.1) is 0 Å². The van der Waals surface area contributed by atoms with E-state index in [1.165, 1.54) is 6.08 Å². The quantitative estimate of drug-likeness (QED) is 0.417. The maximum Gasteiger partial charge on any atom is 0.243 e. The number of amides is 1. The van der Waals surface area contributed by atoms with Crippen molar-refractivity contribution in [2.24, 2.45) is 0 Å². The van der Waals surface area contributed by atoms with E-state index < -0.39 is 0 Å². The van der Waals surface area contributed by atoms with Crippen molar-refractivity contribution in [3.05, 3.63) is 72.1 Å². The number of allylic oxidation sites excluding steroid dienone is 1. The fourth-order valence-corrected chi connectivity index (χ4v) is 2.30. The number of nitrogens with one attached hydrogen (secondary N) is 2. The summed E-state index contributed by atoms with van der Waals surface area (Å²) in [4.78, 5) is 21.6. The molecule has 5 heteroatoms. The molecular formula is C18H18N2O3. The minimum absolute atomic E-state index is 0.175. The monoisotopic (exact) mass is 310 g/mol. The first-order valence-electron chi connectivity index (χ1n) is 7.13. The van der Waals surface area contributed by atoms with Gasteiger partial charge in [-0.3, -0.25) is 9.59 Å². The lowest BCUT2D eigenvalue weighted by Gasteiger charge is -2.12. The molecule has 0 bridgehead atoms. The molecule has 0 radical (unpaired) electrons. The van der Waals surface area contributed by atoms with Crippen LogP contribution in [0.1, 0.15) is 11.1 Å². The van der Waals surface area contributed by atoms with E-state index in [2.05, 4.69) is 17.2 Å². The van der Waals surface area contributed by atoms with Crippen LogP contribution in [0.4, 0.5) is 0 Å². The molecule has 2 aromatic rings. The molecular weight excluding hydrogens is 292 g/mol. The molecule has 23 heavy (non-hydrogen) atoms.